The van der Waals surface area contributed by atoms with Gasteiger partial charge in [-0.1, -0.05) is 6.92 Å². The minimum atomic E-state index is -0.694. The first kappa shape index (κ1) is 7.82. The van der Waals surface area contributed by atoms with E-state index in [1.807, 2.05) is 0 Å². The van der Waals surface area contributed by atoms with Crippen LogP contribution in [0.4, 0.5) is 4.79 Å². The summed E-state index contributed by atoms with van der Waals surface area (Å²) in [6, 6.07) is 0. The van der Waals surface area contributed by atoms with E-state index >= 15 is 0 Å². The molecule has 1 heterocycles. The standard InChI is InChI=1S/C6H10ClNO2/c1-2-8-3-5(4-8)10-6(7)9/h5H,2-4H2,1H3. The number of halogens is 1. The predicted octanol–water partition coefficient (Wildman–Crippen LogP) is 1.07. The van der Waals surface area contributed by atoms with Gasteiger partial charge in [0.2, 0.25) is 0 Å². The number of likely N-dealkylation sites (tertiary alicyclic amines) is 1. The van der Waals surface area contributed by atoms with Gasteiger partial charge in [-0.25, -0.2) is 4.79 Å². The van der Waals surface area contributed by atoms with Crippen molar-refractivity contribution < 1.29 is 9.53 Å². The lowest BCUT2D eigenvalue weighted by Crippen LogP contribution is -2.52. The highest BCUT2D eigenvalue weighted by atomic mass is 35.5. The van der Waals surface area contributed by atoms with Crippen molar-refractivity contribution in [3.63, 3.8) is 0 Å². The molecule has 3 nitrogen and oxygen atoms in total. The van der Waals surface area contributed by atoms with Gasteiger partial charge in [-0.05, 0) is 6.54 Å². The van der Waals surface area contributed by atoms with Crippen molar-refractivity contribution in [2.45, 2.75) is 13.0 Å². The second kappa shape index (κ2) is 3.21. The van der Waals surface area contributed by atoms with E-state index in [4.69, 9.17) is 16.3 Å². The van der Waals surface area contributed by atoms with Gasteiger partial charge in [0, 0.05) is 24.7 Å². The molecular formula is C6H10ClNO2. The number of hydrogen-bond donors (Lipinski definition) is 0. The van der Waals surface area contributed by atoms with Crippen LogP contribution in [0, 0.1) is 0 Å². The van der Waals surface area contributed by atoms with Crippen molar-refractivity contribution >= 4 is 17.0 Å². The van der Waals surface area contributed by atoms with E-state index in [9.17, 15) is 4.79 Å². The Balaban J connectivity index is 2.08. The van der Waals surface area contributed by atoms with E-state index in [2.05, 4.69) is 11.8 Å². The van der Waals surface area contributed by atoms with E-state index < -0.39 is 5.43 Å². The molecular weight excluding hydrogens is 154 g/mol. The fourth-order valence-electron chi connectivity index (χ4n) is 0.986. The van der Waals surface area contributed by atoms with Crippen molar-refractivity contribution in [3.05, 3.63) is 0 Å². The summed E-state index contributed by atoms with van der Waals surface area (Å²) >= 11 is 5.00. The zero-order valence-electron chi connectivity index (χ0n) is 5.84. The van der Waals surface area contributed by atoms with E-state index in [1.54, 1.807) is 0 Å². The third-order valence-electron chi connectivity index (χ3n) is 1.63. The third-order valence-corrected chi connectivity index (χ3v) is 1.72. The summed E-state index contributed by atoms with van der Waals surface area (Å²) < 4.78 is 4.70. The van der Waals surface area contributed by atoms with E-state index in [1.165, 1.54) is 0 Å². The largest absolute Gasteiger partial charge is 0.448 e. The zero-order valence-corrected chi connectivity index (χ0v) is 6.60. The molecule has 10 heavy (non-hydrogen) atoms. The van der Waals surface area contributed by atoms with Crippen LogP contribution in [0.1, 0.15) is 6.92 Å². The first-order valence-electron chi connectivity index (χ1n) is 3.31. The Morgan fingerprint density at radius 2 is 2.40 bits per heavy atom. The lowest BCUT2D eigenvalue weighted by atomic mass is 10.2. The summed E-state index contributed by atoms with van der Waals surface area (Å²) in [4.78, 5) is 12.3. The molecule has 0 N–H and O–H groups in total. The fourth-order valence-corrected chi connectivity index (χ4v) is 1.11. The highest BCUT2D eigenvalue weighted by Crippen LogP contribution is 2.11. The molecule has 1 rings (SSSR count). The summed E-state index contributed by atoms with van der Waals surface area (Å²) in [5.41, 5.74) is -0.694. The molecule has 1 fully saturated rings. The van der Waals surface area contributed by atoms with Crippen molar-refractivity contribution in [1.29, 1.82) is 0 Å². The molecule has 0 saturated carbocycles. The number of hydrogen-bond acceptors (Lipinski definition) is 3. The number of likely N-dealkylation sites (N-methyl/N-ethyl adjacent to an activating group) is 1. The Labute approximate surface area is 64.9 Å². The van der Waals surface area contributed by atoms with Gasteiger partial charge in [-0.3, -0.25) is 4.90 Å². The number of ether oxygens (including phenoxy) is 1. The van der Waals surface area contributed by atoms with Gasteiger partial charge in [0.15, 0.2) is 0 Å². The molecule has 1 aliphatic rings. The van der Waals surface area contributed by atoms with Crippen LogP contribution < -0.4 is 0 Å². The van der Waals surface area contributed by atoms with Crippen molar-refractivity contribution in [2.24, 2.45) is 0 Å². The molecule has 0 spiro atoms. The molecule has 0 amide bonds. The van der Waals surface area contributed by atoms with E-state index in [0.717, 1.165) is 19.6 Å². The Bertz CT molecular complexity index is 134. The Hall–Kier alpha value is -0.280. The van der Waals surface area contributed by atoms with Gasteiger partial charge >= 0.3 is 5.43 Å². The van der Waals surface area contributed by atoms with Gasteiger partial charge in [0.25, 0.3) is 0 Å². The first-order valence-corrected chi connectivity index (χ1v) is 3.68. The smallest absolute Gasteiger partial charge is 0.404 e. The molecule has 4 heteroatoms. The Morgan fingerprint density at radius 3 is 2.80 bits per heavy atom. The summed E-state index contributed by atoms with van der Waals surface area (Å²) in [6.45, 7) is 4.74. The monoisotopic (exact) mass is 163 g/mol. The molecule has 0 aromatic heterocycles. The van der Waals surface area contributed by atoms with E-state index in [-0.39, 0.29) is 6.10 Å². The maximum atomic E-state index is 10.2. The lowest BCUT2D eigenvalue weighted by Gasteiger charge is -2.36. The van der Waals surface area contributed by atoms with Crippen molar-refractivity contribution in [2.75, 3.05) is 19.6 Å². The first-order chi connectivity index (χ1) is 4.72. The lowest BCUT2D eigenvalue weighted by molar-refractivity contribution is -0.0000999. The van der Waals surface area contributed by atoms with Gasteiger partial charge in [-0.2, -0.15) is 0 Å². The van der Waals surface area contributed by atoms with Crippen LogP contribution in [-0.4, -0.2) is 36.1 Å². The zero-order chi connectivity index (χ0) is 7.56. The highest BCUT2D eigenvalue weighted by molar-refractivity contribution is 6.61. The van der Waals surface area contributed by atoms with Crippen LogP contribution in [0.2, 0.25) is 0 Å². The molecule has 0 radical (unpaired) electrons. The molecule has 0 bridgehead atoms. The molecule has 0 aromatic rings. The Morgan fingerprint density at radius 1 is 1.80 bits per heavy atom. The molecule has 0 unspecified atom stereocenters. The average Bonchev–Trinajstić information content (AvgIpc) is 1.76. The van der Waals surface area contributed by atoms with Crippen LogP contribution in [0.5, 0.6) is 0 Å². The van der Waals surface area contributed by atoms with Gasteiger partial charge in [0.1, 0.15) is 6.10 Å². The number of carbonyl (C=O) groups is 1. The quantitative estimate of drug-likeness (QED) is 0.571. The molecule has 58 valence electrons. The normalized spacial score (nSPS) is 20.2. The van der Waals surface area contributed by atoms with Gasteiger partial charge in [0.05, 0.1) is 0 Å². The summed E-state index contributed by atoms with van der Waals surface area (Å²) in [6.07, 6.45) is 0.0324. The SMILES string of the molecule is CCN1CC(OC(=O)Cl)C1. The molecule has 1 aliphatic heterocycles. The van der Waals surface area contributed by atoms with Crippen LogP contribution in [0.25, 0.3) is 0 Å². The van der Waals surface area contributed by atoms with Crippen LogP contribution in [0.3, 0.4) is 0 Å². The molecule has 0 atom stereocenters. The van der Waals surface area contributed by atoms with Gasteiger partial charge < -0.3 is 4.74 Å². The second-order valence-corrected chi connectivity index (χ2v) is 2.64. The minimum absolute atomic E-state index is 0.0324. The van der Waals surface area contributed by atoms with Crippen LogP contribution in [-0.2, 0) is 4.74 Å². The highest BCUT2D eigenvalue weighted by Gasteiger charge is 2.27. The number of nitrogens with zero attached hydrogens (tertiary/aromatic N) is 1. The number of carbonyl (C=O) groups excluding carboxylic acids is 1. The Kier molecular flexibility index (Phi) is 2.51. The summed E-state index contributed by atoms with van der Waals surface area (Å²) in [7, 11) is 0. The number of rotatable bonds is 2. The van der Waals surface area contributed by atoms with Crippen molar-refractivity contribution in [3.8, 4) is 0 Å². The molecule has 0 aromatic carbocycles. The maximum absolute atomic E-state index is 10.2. The topological polar surface area (TPSA) is 29.5 Å². The van der Waals surface area contributed by atoms with Crippen LogP contribution >= 0.6 is 11.6 Å². The fraction of sp³-hybridized carbons (Fsp3) is 0.833. The third kappa shape index (κ3) is 1.85. The maximum Gasteiger partial charge on any atom is 0.404 e. The summed E-state index contributed by atoms with van der Waals surface area (Å²) in [5.74, 6) is 0. The molecule has 1 saturated heterocycles. The minimum Gasteiger partial charge on any atom is -0.448 e. The van der Waals surface area contributed by atoms with Crippen LogP contribution in [0.15, 0.2) is 0 Å². The second-order valence-electron chi connectivity index (χ2n) is 2.33. The van der Waals surface area contributed by atoms with E-state index in [0.29, 0.717) is 0 Å². The molecule has 0 aliphatic carbocycles. The summed E-state index contributed by atoms with van der Waals surface area (Å²) in [5, 5.41) is 0. The average molecular weight is 164 g/mol. The van der Waals surface area contributed by atoms with Gasteiger partial charge in [-0.15, -0.1) is 0 Å². The predicted molar refractivity (Wildman–Crippen MR) is 38.2 cm³/mol. The van der Waals surface area contributed by atoms with Crippen molar-refractivity contribution in [1.82, 2.24) is 4.90 Å².